The van der Waals surface area contributed by atoms with Crippen molar-refractivity contribution in [3.63, 3.8) is 0 Å². The maximum atomic E-state index is 13.4. The van der Waals surface area contributed by atoms with Crippen molar-refractivity contribution in [3.8, 4) is 0 Å². The molecule has 5 rings (SSSR count). The average Bonchev–Trinajstić information content (AvgIpc) is 2.88. The summed E-state index contributed by atoms with van der Waals surface area (Å²) in [6.07, 6.45) is 5.25. The molecule has 0 saturated carbocycles. The van der Waals surface area contributed by atoms with Gasteiger partial charge in [-0.1, -0.05) is 36.4 Å². The molecule has 34 heavy (non-hydrogen) atoms. The summed E-state index contributed by atoms with van der Waals surface area (Å²) >= 11 is 0. The SMILES string of the molecule is CC1CN(C(=O)C2CCN(S(=O)(=O)c3ccc4c(c3)CCCC4)CC2)CC(c2ccccc2)O1. The highest BCUT2D eigenvalue weighted by Crippen LogP contribution is 2.31. The van der Waals surface area contributed by atoms with Crippen LogP contribution >= 0.6 is 0 Å². The third-order valence-electron chi connectivity index (χ3n) is 7.50. The normalized spacial score (nSPS) is 24.6. The standard InChI is InChI=1S/C27H34N2O4S/c1-20-18-28(19-26(33-20)22-8-3-2-4-9-22)27(30)23-13-15-29(16-14-23)34(31,32)25-12-11-21-7-5-6-10-24(21)17-25/h2-4,8-9,11-12,17,20,23,26H,5-7,10,13-16,18-19H2,1H3. The first-order chi connectivity index (χ1) is 16.4. The van der Waals surface area contributed by atoms with Crippen LogP contribution in [-0.2, 0) is 32.4 Å². The third-order valence-corrected chi connectivity index (χ3v) is 9.40. The van der Waals surface area contributed by atoms with Crippen LogP contribution in [0.2, 0.25) is 0 Å². The van der Waals surface area contributed by atoms with Gasteiger partial charge in [-0.25, -0.2) is 8.42 Å². The first-order valence-corrected chi connectivity index (χ1v) is 14.0. The van der Waals surface area contributed by atoms with Gasteiger partial charge in [0.05, 0.1) is 17.5 Å². The van der Waals surface area contributed by atoms with E-state index in [4.69, 9.17) is 4.74 Å². The number of hydrogen-bond donors (Lipinski definition) is 0. The van der Waals surface area contributed by atoms with Gasteiger partial charge < -0.3 is 9.64 Å². The van der Waals surface area contributed by atoms with Gasteiger partial charge in [0, 0.05) is 25.6 Å². The molecule has 7 heteroatoms. The molecule has 1 aliphatic carbocycles. The van der Waals surface area contributed by atoms with E-state index >= 15 is 0 Å². The van der Waals surface area contributed by atoms with Crippen molar-refractivity contribution < 1.29 is 17.9 Å². The number of morpholine rings is 1. The molecule has 2 atom stereocenters. The van der Waals surface area contributed by atoms with Crippen molar-refractivity contribution in [2.75, 3.05) is 26.2 Å². The van der Waals surface area contributed by atoms with E-state index in [9.17, 15) is 13.2 Å². The summed E-state index contributed by atoms with van der Waals surface area (Å²) in [4.78, 5) is 15.7. The number of ether oxygens (including phenoxy) is 1. The Balaban J connectivity index is 1.23. The lowest BCUT2D eigenvalue weighted by Crippen LogP contribution is -2.50. The van der Waals surface area contributed by atoms with Gasteiger partial charge in [0.1, 0.15) is 6.10 Å². The van der Waals surface area contributed by atoms with Crippen LogP contribution in [0, 0.1) is 5.92 Å². The Hall–Kier alpha value is -2.22. The molecule has 2 aromatic rings. The zero-order chi connectivity index (χ0) is 23.7. The quantitative estimate of drug-likeness (QED) is 0.662. The molecule has 2 aliphatic heterocycles. The number of amides is 1. The minimum atomic E-state index is -3.53. The first kappa shape index (κ1) is 23.5. The number of fused-ring (bicyclic) bond motifs is 1. The van der Waals surface area contributed by atoms with E-state index in [1.165, 1.54) is 17.5 Å². The number of aryl methyl sites for hydroxylation is 2. The van der Waals surface area contributed by atoms with Crippen LogP contribution in [0.5, 0.6) is 0 Å². The number of nitrogens with zero attached hydrogens (tertiary/aromatic N) is 2. The summed E-state index contributed by atoms with van der Waals surface area (Å²) in [5.74, 6) is -0.0152. The second-order valence-corrected chi connectivity index (χ2v) is 11.8. The summed E-state index contributed by atoms with van der Waals surface area (Å²) in [7, 11) is -3.53. The summed E-state index contributed by atoms with van der Waals surface area (Å²) in [6.45, 7) is 3.90. The number of carbonyl (C=O) groups is 1. The Bertz CT molecular complexity index is 1130. The highest BCUT2D eigenvalue weighted by molar-refractivity contribution is 7.89. The van der Waals surface area contributed by atoms with Crippen molar-refractivity contribution in [2.24, 2.45) is 5.92 Å². The van der Waals surface area contributed by atoms with Gasteiger partial charge in [0.2, 0.25) is 15.9 Å². The molecule has 2 heterocycles. The van der Waals surface area contributed by atoms with Crippen LogP contribution in [0.4, 0.5) is 0 Å². The fourth-order valence-corrected chi connectivity index (χ4v) is 7.12. The van der Waals surface area contributed by atoms with Crippen LogP contribution in [-0.4, -0.2) is 55.8 Å². The van der Waals surface area contributed by atoms with Crippen molar-refractivity contribution in [2.45, 2.75) is 62.6 Å². The molecule has 2 aromatic carbocycles. The Morgan fingerprint density at radius 2 is 1.65 bits per heavy atom. The fourth-order valence-electron chi connectivity index (χ4n) is 5.60. The maximum absolute atomic E-state index is 13.4. The number of sulfonamides is 1. The molecule has 182 valence electrons. The Labute approximate surface area is 203 Å². The average molecular weight is 483 g/mol. The molecule has 0 bridgehead atoms. The third kappa shape index (κ3) is 4.79. The van der Waals surface area contributed by atoms with Gasteiger partial charge in [0.15, 0.2) is 0 Å². The molecule has 2 saturated heterocycles. The van der Waals surface area contributed by atoms with Gasteiger partial charge in [-0.3, -0.25) is 4.79 Å². The zero-order valence-electron chi connectivity index (χ0n) is 19.9. The van der Waals surface area contributed by atoms with Crippen LogP contribution in [0.15, 0.2) is 53.4 Å². The Morgan fingerprint density at radius 3 is 2.38 bits per heavy atom. The summed E-state index contributed by atoms with van der Waals surface area (Å²) < 4.78 is 34.3. The van der Waals surface area contributed by atoms with Crippen LogP contribution < -0.4 is 0 Å². The largest absolute Gasteiger partial charge is 0.367 e. The van der Waals surface area contributed by atoms with E-state index in [1.54, 1.807) is 10.4 Å². The number of hydrogen-bond acceptors (Lipinski definition) is 4. The Kier molecular flexibility index (Phi) is 6.78. The minimum Gasteiger partial charge on any atom is -0.367 e. The van der Waals surface area contributed by atoms with Crippen molar-refractivity contribution in [1.82, 2.24) is 9.21 Å². The smallest absolute Gasteiger partial charge is 0.243 e. The van der Waals surface area contributed by atoms with E-state index in [0.29, 0.717) is 43.9 Å². The highest BCUT2D eigenvalue weighted by atomic mass is 32.2. The molecule has 1 amide bonds. The minimum absolute atomic E-state index is 0.0348. The van der Waals surface area contributed by atoms with E-state index in [1.807, 2.05) is 54.3 Å². The zero-order valence-corrected chi connectivity index (χ0v) is 20.7. The second kappa shape index (κ2) is 9.80. The number of piperidine rings is 1. The summed E-state index contributed by atoms with van der Waals surface area (Å²) in [5, 5.41) is 0. The molecule has 2 unspecified atom stereocenters. The topological polar surface area (TPSA) is 66.9 Å². The molecule has 6 nitrogen and oxygen atoms in total. The number of benzene rings is 2. The van der Waals surface area contributed by atoms with Gasteiger partial charge in [-0.2, -0.15) is 4.31 Å². The molecule has 0 N–H and O–H groups in total. The van der Waals surface area contributed by atoms with Crippen molar-refractivity contribution >= 4 is 15.9 Å². The monoisotopic (exact) mass is 482 g/mol. The van der Waals surface area contributed by atoms with Crippen LogP contribution in [0.3, 0.4) is 0 Å². The molecular weight excluding hydrogens is 448 g/mol. The van der Waals surface area contributed by atoms with E-state index in [0.717, 1.165) is 24.8 Å². The van der Waals surface area contributed by atoms with Gasteiger partial charge in [-0.05, 0) is 74.3 Å². The van der Waals surface area contributed by atoms with Crippen molar-refractivity contribution in [3.05, 3.63) is 65.2 Å². The first-order valence-electron chi connectivity index (χ1n) is 12.5. The molecule has 0 radical (unpaired) electrons. The van der Waals surface area contributed by atoms with E-state index in [2.05, 4.69) is 0 Å². The van der Waals surface area contributed by atoms with Crippen molar-refractivity contribution in [1.29, 1.82) is 0 Å². The second-order valence-electron chi connectivity index (χ2n) is 9.91. The molecule has 0 aromatic heterocycles. The van der Waals surface area contributed by atoms with Crippen LogP contribution in [0.25, 0.3) is 0 Å². The lowest BCUT2D eigenvalue weighted by atomic mass is 9.92. The molecule has 0 spiro atoms. The molecule has 2 fully saturated rings. The van der Waals surface area contributed by atoms with Gasteiger partial charge in [-0.15, -0.1) is 0 Å². The summed E-state index contributed by atoms with van der Waals surface area (Å²) in [6, 6.07) is 15.6. The lowest BCUT2D eigenvalue weighted by molar-refractivity contribution is -0.150. The summed E-state index contributed by atoms with van der Waals surface area (Å²) in [5.41, 5.74) is 3.53. The Morgan fingerprint density at radius 1 is 0.941 bits per heavy atom. The predicted molar refractivity (Wildman–Crippen MR) is 131 cm³/mol. The van der Waals surface area contributed by atoms with Gasteiger partial charge in [0.25, 0.3) is 0 Å². The molecule has 3 aliphatic rings. The predicted octanol–water partition coefficient (Wildman–Crippen LogP) is 3.95. The number of rotatable bonds is 4. The maximum Gasteiger partial charge on any atom is 0.243 e. The van der Waals surface area contributed by atoms with Crippen LogP contribution in [0.1, 0.15) is 55.4 Å². The number of carbonyl (C=O) groups excluding carboxylic acids is 1. The highest BCUT2D eigenvalue weighted by Gasteiger charge is 2.37. The fraction of sp³-hybridized carbons (Fsp3) is 0.519. The molecular formula is C27H34N2O4S. The lowest BCUT2D eigenvalue weighted by Gasteiger charge is -2.40. The van der Waals surface area contributed by atoms with E-state index in [-0.39, 0.29) is 24.0 Å². The van der Waals surface area contributed by atoms with E-state index < -0.39 is 10.0 Å². The van der Waals surface area contributed by atoms with Gasteiger partial charge >= 0.3 is 0 Å².